The SMILES string of the molecule is CCn1nc(C(=O)NNC(=O)CNC(=O)Cc2cccc(F)c2)c2ccccc2c1=O. The maximum atomic E-state index is 13.2. The van der Waals surface area contributed by atoms with Crippen LogP contribution < -0.4 is 21.7 Å². The van der Waals surface area contributed by atoms with Crippen molar-refractivity contribution in [2.24, 2.45) is 0 Å². The van der Waals surface area contributed by atoms with Gasteiger partial charge in [0.15, 0.2) is 5.69 Å². The number of hydrazine groups is 1. The van der Waals surface area contributed by atoms with Gasteiger partial charge in [-0.25, -0.2) is 9.07 Å². The Morgan fingerprint density at radius 2 is 1.74 bits per heavy atom. The monoisotopic (exact) mass is 425 g/mol. The highest BCUT2D eigenvalue weighted by molar-refractivity contribution is 6.05. The van der Waals surface area contributed by atoms with E-state index in [2.05, 4.69) is 21.3 Å². The van der Waals surface area contributed by atoms with E-state index in [-0.39, 0.29) is 24.2 Å². The Kier molecular flexibility index (Phi) is 6.71. The molecular formula is C21H20FN5O4. The van der Waals surface area contributed by atoms with E-state index in [0.717, 1.165) is 4.68 Å². The van der Waals surface area contributed by atoms with Gasteiger partial charge in [-0.1, -0.05) is 30.3 Å². The van der Waals surface area contributed by atoms with Gasteiger partial charge in [0, 0.05) is 11.9 Å². The van der Waals surface area contributed by atoms with Crippen molar-refractivity contribution < 1.29 is 18.8 Å². The summed E-state index contributed by atoms with van der Waals surface area (Å²) in [4.78, 5) is 48.7. The van der Waals surface area contributed by atoms with E-state index in [9.17, 15) is 23.6 Å². The molecule has 0 fully saturated rings. The predicted octanol–water partition coefficient (Wildman–Crippen LogP) is 0.675. The summed E-state index contributed by atoms with van der Waals surface area (Å²) in [7, 11) is 0. The lowest BCUT2D eigenvalue weighted by atomic mass is 10.1. The molecule has 10 heteroatoms. The van der Waals surface area contributed by atoms with Crippen molar-refractivity contribution in [3.8, 4) is 0 Å². The van der Waals surface area contributed by atoms with E-state index in [1.807, 2.05) is 0 Å². The van der Waals surface area contributed by atoms with Crippen LogP contribution in [0.25, 0.3) is 10.8 Å². The number of aromatic nitrogens is 2. The van der Waals surface area contributed by atoms with Gasteiger partial charge in [-0.15, -0.1) is 0 Å². The van der Waals surface area contributed by atoms with Crippen LogP contribution in [0.2, 0.25) is 0 Å². The van der Waals surface area contributed by atoms with Crippen molar-refractivity contribution in [2.75, 3.05) is 6.54 Å². The number of hydrogen-bond acceptors (Lipinski definition) is 5. The average Bonchev–Trinajstić information content (AvgIpc) is 2.76. The highest BCUT2D eigenvalue weighted by atomic mass is 19.1. The zero-order valence-electron chi connectivity index (χ0n) is 16.6. The molecule has 0 aliphatic heterocycles. The van der Waals surface area contributed by atoms with Crippen LogP contribution in [-0.4, -0.2) is 34.0 Å². The minimum atomic E-state index is -0.710. The molecule has 0 spiro atoms. The number of carbonyl (C=O) groups excluding carboxylic acids is 3. The molecule has 1 aromatic heterocycles. The standard InChI is InChI=1S/C21H20FN5O4/c1-2-27-21(31)16-9-4-3-8-15(16)19(26-27)20(30)25-24-18(29)12-23-17(28)11-13-6-5-7-14(22)10-13/h3-10H,2,11-12H2,1H3,(H,23,28)(H,24,29)(H,25,30). The Morgan fingerprint density at radius 1 is 1.00 bits per heavy atom. The highest BCUT2D eigenvalue weighted by Crippen LogP contribution is 2.13. The van der Waals surface area contributed by atoms with E-state index >= 15 is 0 Å². The lowest BCUT2D eigenvalue weighted by Crippen LogP contribution is -2.47. The fourth-order valence-corrected chi connectivity index (χ4v) is 2.92. The summed E-state index contributed by atoms with van der Waals surface area (Å²) >= 11 is 0. The molecule has 1 heterocycles. The highest BCUT2D eigenvalue weighted by Gasteiger charge is 2.17. The fourth-order valence-electron chi connectivity index (χ4n) is 2.92. The number of rotatable bonds is 6. The van der Waals surface area contributed by atoms with Crippen molar-refractivity contribution >= 4 is 28.5 Å². The van der Waals surface area contributed by atoms with Gasteiger partial charge in [0.25, 0.3) is 17.4 Å². The van der Waals surface area contributed by atoms with Crippen LogP contribution in [0, 0.1) is 5.82 Å². The van der Waals surface area contributed by atoms with E-state index < -0.39 is 30.1 Å². The maximum Gasteiger partial charge on any atom is 0.290 e. The average molecular weight is 425 g/mol. The molecule has 0 radical (unpaired) electrons. The minimum Gasteiger partial charge on any atom is -0.347 e. The first-order valence-corrected chi connectivity index (χ1v) is 9.49. The number of fused-ring (bicyclic) bond motifs is 1. The van der Waals surface area contributed by atoms with Gasteiger partial charge < -0.3 is 5.32 Å². The number of nitrogens with zero attached hydrogens (tertiary/aromatic N) is 2. The summed E-state index contributed by atoms with van der Waals surface area (Å²) in [5.74, 6) is -2.32. The van der Waals surface area contributed by atoms with Crippen LogP contribution >= 0.6 is 0 Å². The van der Waals surface area contributed by atoms with Gasteiger partial charge in [-0.3, -0.25) is 30.0 Å². The first-order valence-electron chi connectivity index (χ1n) is 9.49. The number of aryl methyl sites for hydroxylation is 1. The van der Waals surface area contributed by atoms with Crippen molar-refractivity contribution in [3.63, 3.8) is 0 Å². The number of nitrogens with one attached hydrogen (secondary N) is 3. The molecule has 0 bridgehead atoms. The maximum absolute atomic E-state index is 13.2. The zero-order chi connectivity index (χ0) is 22.4. The second kappa shape index (κ2) is 9.61. The smallest absolute Gasteiger partial charge is 0.290 e. The molecule has 3 amide bonds. The lowest BCUT2D eigenvalue weighted by Gasteiger charge is -2.11. The summed E-state index contributed by atoms with van der Waals surface area (Å²) in [6, 6.07) is 12.1. The number of halogens is 1. The Labute approximate surface area is 176 Å². The Balaban J connectivity index is 1.58. The molecule has 3 rings (SSSR count). The molecule has 2 aromatic carbocycles. The lowest BCUT2D eigenvalue weighted by molar-refractivity contribution is -0.126. The van der Waals surface area contributed by atoms with Gasteiger partial charge in [0.05, 0.1) is 18.4 Å². The molecule has 0 saturated carbocycles. The van der Waals surface area contributed by atoms with Crippen LogP contribution in [0.1, 0.15) is 23.0 Å². The second-order valence-electron chi connectivity index (χ2n) is 6.60. The largest absolute Gasteiger partial charge is 0.347 e. The van der Waals surface area contributed by atoms with Crippen LogP contribution in [0.5, 0.6) is 0 Å². The summed E-state index contributed by atoms with van der Waals surface area (Å²) in [5, 5.41) is 7.14. The van der Waals surface area contributed by atoms with Gasteiger partial charge in [0.2, 0.25) is 5.91 Å². The number of hydrogen-bond donors (Lipinski definition) is 3. The molecule has 9 nitrogen and oxygen atoms in total. The first-order chi connectivity index (χ1) is 14.9. The van der Waals surface area contributed by atoms with Gasteiger partial charge >= 0.3 is 0 Å². The Hall–Kier alpha value is -4.08. The molecule has 0 aliphatic rings. The molecule has 3 N–H and O–H groups in total. The first kappa shape index (κ1) is 21.6. The topological polar surface area (TPSA) is 122 Å². The molecular weight excluding hydrogens is 405 g/mol. The molecule has 160 valence electrons. The van der Waals surface area contributed by atoms with Crippen molar-refractivity contribution in [3.05, 3.63) is 76.0 Å². The number of carbonyl (C=O) groups is 3. The van der Waals surface area contributed by atoms with Crippen molar-refractivity contribution in [1.29, 1.82) is 0 Å². The predicted molar refractivity (Wildman–Crippen MR) is 110 cm³/mol. The van der Waals surface area contributed by atoms with Crippen LogP contribution in [-0.2, 0) is 22.6 Å². The third-order valence-electron chi connectivity index (χ3n) is 4.40. The van der Waals surface area contributed by atoms with Crippen LogP contribution in [0.3, 0.4) is 0 Å². The molecule has 0 aliphatic carbocycles. The van der Waals surface area contributed by atoms with E-state index in [0.29, 0.717) is 16.3 Å². The zero-order valence-corrected chi connectivity index (χ0v) is 16.6. The summed E-state index contributed by atoms with van der Waals surface area (Å²) in [5.41, 5.74) is 4.54. The number of amides is 3. The summed E-state index contributed by atoms with van der Waals surface area (Å²) in [6.07, 6.45) is -0.0914. The minimum absolute atomic E-state index is 0.0208. The van der Waals surface area contributed by atoms with Crippen molar-refractivity contribution in [2.45, 2.75) is 19.9 Å². The molecule has 31 heavy (non-hydrogen) atoms. The molecule has 0 atom stereocenters. The van der Waals surface area contributed by atoms with Crippen LogP contribution in [0.15, 0.2) is 53.3 Å². The summed E-state index contributed by atoms with van der Waals surface area (Å²) < 4.78 is 14.3. The molecule has 0 unspecified atom stereocenters. The Morgan fingerprint density at radius 3 is 2.45 bits per heavy atom. The van der Waals surface area contributed by atoms with E-state index in [1.165, 1.54) is 18.2 Å². The van der Waals surface area contributed by atoms with Crippen LogP contribution in [0.4, 0.5) is 4.39 Å². The van der Waals surface area contributed by atoms with E-state index in [4.69, 9.17) is 0 Å². The van der Waals surface area contributed by atoms with E-state index in [1.54, 1.807) is 37.3 Å². The third-order valence-corrected chi connectivity index (χ3v) is 4.40. The second-order valence-corrected chi connectivity index (χ2v) is 6.60. The quantitative estimate of drug-likeness (QED) is 0.501. The fraction of sp³-hybridized carbons (Fsp3) is 0.190. The normalized spacial score (nSPS) is 10.5. The van der Waals surface area contributed by atoms with Gasteiger partial charge in [0.1, 0.15) is 5.82 Å². The van der Waals surface area contributed by atoms with Crippen molar-refractivity contribution in [1.82, 2.24) is 25.9 Å². The molecule has 0 saturated heterocycles. The third kappa shape index (κ3) is 5.30. The molecule has 3 aromatic rings. The number of benzene rings is 2. The van der Waals surface area contributed by atoms with Gasteiger partial charge in [-0.05, 0) is 30.7 Å². The Bertz CT molecular complexity index is 1210. The van der Waals surface area contributed by atoms with Gasteiger partial charge in [-0.2, -0.15) is 5.10 Å². The summed E-state index contributed by atoms with van der Waals surface area (Å²) in [6.45, 7) is 1.60.